The van der Waals surface area contributed by atoms with Gasteiger partial charge in [-0.3, -0.25) is 14.4 Å². The molecule has 2 fully saturated rings. The maximum atomic E-state index is 13.8. The number of nitrogens with zero attached hydrogens (tertiary/aromatic N) is 1. The van der Waals surface area contributed by atoms with Crippen LogP contribution < -0.4 is 16.0 Å². The average Bonchev–Trinajstić information content (AvgIpc) is 3.24. The molecule has 0 radical (unpaired) electrons. The van der Waals surface area contributed by atoms with Crippen molar-refractivity contribution < 1.29 is 19.1 Å². The number of ether oxygens (including phenoxy) is 1. The van der Waals surface area contributed by atoms with Crippen molar-refractivity contribution in [1.29, 1.82) is 0 Å². The zero-order valence-corrected chi connectivity index (χ0v) is 18.9. The Balaban J connectivity index is 1.53. The number of para-hydroxylation sites is 1. The number of carbonyl (C=O) groups is 3. The quantitative estimate of drug-likeness (QED) is 0.624. The Bertz CT molecular complexity index is 860. The first-order valence-electron chi connectivity index (χ1n) is 11.7. The molecule has 1 aliphatic carbocycles. The van der Waals surface area contributed by atoms with Gasteiger partial charge in [0.25, 0.3) is 0 Å². The van der Waals surface area contributed by atoms with Gasteiger partial charge in [0.05, 0.1) is 31.2 Å². The number of carbonyl (C=O) groups excluding carboxylic acids is 3. The van der Waals surface area contributed by atoms with Crippen LogP contribution in [-0.2, 0) is 19.1 Å². The van der Waals surface area contributed by atoms with Crippen LogP contribution >= 0.6 is 0 Å². The highest BCUT2D eigenvalue weighted by Gasteiger charge is 2.48. The number of methoxy groups -OCH3 is 1. The van der Waals surface area contributed by atoms with Crippen LogP contribution in [0, 0.1) is 11.8 Å². The number of anilines is 1. The number of hydrogen-bond donors (Lipinski definition) is 3. The predicted molar refractivity (Wildman–Crippen MR) is 121 cm³/mol. The van der Waals surface area contributed by atoms with Gasteiger partial charge in [0, 0.05) is 38.2 Å². The molecule has 1 saturated heterocycles. The molecular formula is C24H34N4O4. The minimum Gasteiger partial charge on any atom is -0.383 e. The Morgan fingerprint density at radius 1 is 1.16 bits per heavy atom. The van der Waals surface area contributed by atoms with Gasteiger partial charge in [0.2, 0.25) is 17.7 Å². The summed E-state index contributed by atoms with van der Waals surface area (Å²) in [5.74, 6) is -0.280. The van der Waals surface area contributed by atoms with E-state index in [1.165, 1.54) is 6.92 Å². The van der Waals surface area contributed by atoms with E-state index in [2.05, 4.69) is 33.0 Å². The monoisotopic (exact) mass is 442 g/mol. The van der Waals surface area contributed by atoms with E-state index in [9.17, 15) is 14.4 Å². The van der Waals surface area contributed by atoms with E-state index in [-0.39, 0.29) is 48.3 Å². The standard InChI is InChI=1S/C24H34N4O4/c1-15(29)25-13-22(30)27-20-10-6-4-8-18(20)24(31)28-12-11-17-21(14-32-2)26-19-9-5-3-7-16(19)23(17)28/h3,5,7,9,17-18,20-21,23,26H,4,6,8,10-14H2,1-2H3,(H,25,29)(H,27,30)/t17-,18+,20-,21+,23+/m1/s1. The molecule has 0 bridgehead atoms. The molecule has 8 nitrogen and oxygen atoms in total. The highest BCUT2D eigenvalue weighted by Crippen LogP contribution is 2.47. The van der Waals surface area contributed by atoms with Gasteiger partial charge >= 0.3 is 0 Å². The van der Waals surface area contributed by atoms with Gasteiger partial charge in [-0.15, -0.1) is 0 Å². The fraction of sp³-hybridized carbons (Fsp3) is 0.625. The molecule has 174 valence electrons. The van der Waals surface area contributed by atoms with Crippen LogP contribution in [-0.4, -0.2) is 61.5 Å². The van der Waals surface area contributed by atoms with Gasteiger partial charge < -0.3 is 25.6 Å². The van der Waals surface area contributed by atoms with E-state index in [1.807, 2.05) is 12.1 Å². The third-order valence-electron chi connectivity index (χ3n) is 7.14. The summed E-state index contributed by atoms with van der Waals surface area (Å²) >= 11 is 0. The molecule has 32 heavy (non-hydrogen) atoms. The summed E-state index contributed by atoms with van der Waals surface area (Å²) in [7, 11) is 1.71. The maximum Gasteiger partial charge on any atom is 0.239 e. The molecule has 2 heterocycles. The number of rotatable bonds is 6. The van der Waals surface area contributed by atoms with Crippen molar-refractivity contribution >= 4 is 23.4 Å². The fourth-order valence-corrected chi connectivity index (χ4v) is 5.70. The number of likely N-dealkylation sites (tertiary alicyclic amines) is 1. The predicted octanol–water partition coefficient (Wildman–Crippen LogP) is 1.83. The van der Waals surface area contributed by atoms with E-state index in [1.54, 1.807) is 7.11 Å². The average molecular weight is 443 g/mol. The Labute approximate surface area is 189 Å². The van der Waals surface area contributed by atoms with Crippen LogP contribution in [0.25, 0.3) is 0 Å². The van der Waals surface area contributed by atoms with Gasteiger partial charge in [0.1, 0.15) is 0 Å². The van der Waals surface area contributed by atoms with Gasteiger partial charge in [-0.2, -0.15) is 0 Å². The molecule has 3 aliphatic rings. The van der Waals surface area contributed by atoms with Crippen LogP contribution in [0.2, 0.25) is 0 Å². The summed E-state index contributed by atoms with van der Waals surface area (Å²) in [5, 5.41) is 9.16. The van der Waals surface area contributed by atoms with Gasteiger partial charge in [0.15, 0.2) is 0 Å². The first-order chi connectivity index (χ1) is 15.5. The Morgan fingerprint density at radius 3 is 2.72 bits per heavy atom. The van der Waals surface area contributed by atoms with Crippen molar-refractivity contribution in [3.05, 3.63) is 29.8 Å². The highest BCUT2D eigenvalue weighted by atomic mass is 16.5. The lowest BCUT2D eigenvalue weighted by atomic mass is 9.81. The zero-order chi connectivity index (χ0) is 22.7. The first-order valence-corrected chi connectivity index (χ1v) is 11.7. The third-order valence-corrected chi connectivity index (χ3v) is 7.14. The number of nitrogens with one attached hydrogen (secondary N) is 3. The lowest BCUT2D eigenvalue weighted by Gasteiger charge is -2.41. The summed E-state index contributed by atoms with van der Waals surface area (Å²) in [4.78, 5) is 39.4. The summed E-state index contributed by atoms with van der Waals surface area (Å²) in [6, 6.07) is 8.22. The lowest BCUT2D eigenvalue weighted by molar-refractivity contribution is -0.139. The maximum absolute atomic E-state index is 13.8. The van der Waals surface area contributed by atoms with Crippen molar-refractivity contribution in [3.8, 4) is 0 Å². The Kier molecular flexibility index (Phi) is 6.98. The lowest BCUT2D eigenvalue weighted by Crippen LogP contribution is -2.52. The van der Waals surface area contributed by atoms with E-state index < -0.39 is 0 Å². The van der Waals surface area contributed by atoms with Gasteiger partial charge in [-0.1, -0.05) is 31.0 Å². The molecule has 2 aliphatic heterocycles. The summed E-state index contributed by atoms with van der Waals surface area (Å²) in [6.45, 7) is 2.65. The van der Waals surface area contributed by atoms with Crippen LogP contribution in [0.1, 0.15) is 50.6 Å². The van der Waals surface area contributed by atoms with Crippen LogP contribution in [0.4, 0.5) is 5.69 Å². The topological polar surface area (TPSA) is 99.8 Å². The summed E-state index contributed by atoms with van der Waals surface area (Å²) < 4.78 is 5.47. The molecule has 0 unspecified atom stereocenters. The molecule has 1 aromatic carbocycles. The summed E-state index contributed by atoms with van der Waals surface area (Å²) in [6.07, 6.45) is 4.47. The molecule has 0 aromatic heterocycles. The van der Waals surface area contributed by atoms with E-state index in [4.69, 9.17) is 4.74 Å². The van der Waals surface area contributed by atoms with Crippen molar-refractivity contribution in [2.45, 2.75) is 57.2 Å². The van der Waals surface area contributed by atoms with E-state index >= 15 is 0 Å². The van der Waals surface area contributed by atoms with Crippen LogP contribution in [0.3, 0.4) is 0 Å². The molecular weight excluding hydrogens is 408 g/mol. The molecule has 5 atom stereocenters. The van der Waals surface area contributed by atoms with Gasteiger partial charge in [-0.05, 0) is 30.9 Å². The number of amides is 3. The highest BCUT2D eigenvalue weighted by molar-refractivity contribution is 5.85. The third kappa shape index (κ3) is 4.60. The van der Waals surface area contributed by atoms with E-state index in [0.29, 0.717) is 19.1 Å². The van der Waals surface area contributed by atoms with E-state index in [0.717, 1.165) is 43.4 Å². The van der Waals surface area contributed by atoms with Gasteiger partial charge in [-0.25, -0.2) is 0 Å². The normalized spacial score (nSPS) is 28.8. The molecule has 4 rings (SSSR count). The first kappa shape index (κ1) is 22.6. The number of fused-ring (bicyclic) bond motifs is 3. The van der Waals surface area contributed by atoms with Crippen LogP contribution in [0.15, 0.2) is 24.3 Å². The van der Waals surface area contributed by atoms with Crippen molar-refractivity contribution in [3.63, 3.8) is 0 Å². The smallest absolute Gasteiger partial charge is 0.239 e. The zero-order valence-electron chi connectivity index (χ0n) is 18.9. The molecule has 3 N–H and O–H groups in total. The minimum atomic E-state index is -0.241. The van der Waals surface area contributed by atoms with Crippen LogP contribution in [0.5, 0.6) is 0 Å². The second kappa shape index (κ2) is 9.90. The minimum absolute atomic E-state index is 0.0257. The van der Waals surface area contributed by atoms with Crippen molar-refractivity contribution in [2.75, 3.05) is 32.1 Å². The second-order valence-corrected chi connectivity index (χ2v) is 9.20. The second-order valence-electron chi connectivity index (χ2n) is 9.20. The molecule has 0 spiro atoms. The number of hydrogen-bond acceptors (Lipinski definition) is 5. The largest absolute Gasteiger partial charge is 0.383 e. The Hall–Kier alpha value is -2.61. The van der Waals surface area contributed by atoms with Crippen molar-refractivity contribution in [2.24, 2.45) is 11.8 Å². The SMILES string of the molecule is COC[C@@H]1Nc2ccccc2[C@H]2[C@@H]1CCN2C(=O)[C@H]1CCCC[C@H]1NC(=O)CNC(C)=O. The molecule has 8 heteroatoms. The number of benzene rings is 1. The summed E-state index contributed by atoms with van der Waals surface area (Å²) in [5.41, 5.74) is 2.23. The van der Waals surface area contributed by atoms with Crippen molar-refractivity contribution in [1.82, 2.24) is 15.5 Å². The molecule has 3 amide bonds. The molecule has 1 aromatic rings. The fourth-order valence-electron chi connectivity index (χ4n) is 5.70. The molecule has 1 saturated carbocycles. The Morgan fingerprint density at radius 2 is 1.94 bits per heavy atom.